The average molecular weight is 550 g/mol. The predicted octanol–water partition coefficient (Wildman–Crippen LogP) is 4.98. The molecule has 10 heteroatoms. The van der Waals surface area contributed by atoms with Crippen molar-refractivity contribution in [1.29, 1.82) is 0 Å². The van der Waals surface area contributed by atoms with E-state index in [0.29, 0.717) is 57.9 Å². The van der Waals surface area contributed by atoms with E-state index in [1.165, 1.54) is 5.56 Å². The van der Waals surface area contributed by atoms with Crippen LogP contribution in [0.15, 0.2) is 42.6 Å². The highest BCUT2D eigenvalue weighted by molar-refractivity contribution is 5.71. The molecular formula is C30H39N5O5. The summed E-state index contributed by atoms with van der Waals surface area (Å²) in [4.78, 5) is 33.2. The van der Waals surface area contributed by atoms with Gasteiger partial charge in [0, 0.05) is 44.8 Å². The molecule has 2 fully saturated rings. The van der Waals surface area contributed by atoms with Crippen LogP contribution in [0.2, 0.25) is 0 Å². The van der Waals surface area contributed by atoms with E-state index in [1.807, 2.05) is 58.2 Å². The van der Waals surface area contributed by atoms with E-state index in [9.17, 15) is 9.59 Å². The molecule has 0 saturated carbocycles. The molecular weight excluding hydrogens is 510 g/mol. The zero-order chi connectivity index (χ0) is 28.5. The first-order valence-corrected chi connectivity index (χ1v) is 14.0. The Balaban J connectivity index is 1.16. The second-order valence-corrected chi connectivity index (χ2v) is 12.0. The van der Waals surface area contributed by atoms with Gasteiger partial charge in [0.2, 0.25) is 0 Å². The van der Waals surface area contributed by atoms with Crippen molar-refractivity contribution in [3.05, 3.63) is 59.5 Å². The number of hydrogen-bond acceptors (Lipinski definition) is 7. The van der Waals surface area contributed by atoms with Gasteiger partial charge in [0.25, 0.3) is 0 Å². The van der Waals surface area contributed by atoms with Crippen LogP contribution in [0.4, 0.5) is 9.59 Å². The van der Waals surface area contributed by atoms with Crippen LogP contribution in [-0.2, 0) is 15.9 Å². The summed E-state index contributed by atoms with van der Waals surface area (Å²) in [7, 11) is 0. The number of hydrogen-bond donors (Lipinski definition) is 0. The molecule has 10 nitrogen and oxygen atoms in total. The number of benzene rings is 1. The van der Waals surface area contributed by atoms with E-state index in [-0.39, 0.29) is 18.1 Å². The Labute approximate surface area is 235 Å². The lowest BCUT2D eigenvalue weighted by molar-refractivity contribution is -0.0170. The van der Waals surface area contributed by atoms with Crippen LogP contribution < -0.4 is 4.74 Å². The molecule has 214 valence electrons. The second-order valence-electron chi connectivity index (χ2n) is 12.0. The molecule has 1 atom stereocenters. The van der Waals surface area contributed by atoms with Gasteiger partial charge < -0.3 is 24.0 Å². The first-order valence-electron chi connectivity index (χ1n) is 14.0. The van der Waals surface area contributed by atoms with Crippen molar-refractivity contribution in [3.63, 3.8) is 0 Å². The first-order chi connectivity index (χ1) is 19.0. The largest absolute Gasteiger partial charge is 0.491 e. The van der Waals surface area contributed by atoms with Gasteiger partial charge in [-0.25, -0.2) is 19.1 Å². The van der Waals surface area contributed by atoms with Crippen LogP contribution in [0.1, 0.15) is 63.4 Å². The van der Waals surface area contributed by atoms with Gasteiger partial charge >= 0.3 is 12.2 Å². The van der Waals surface area contributed by atoms with Gasteiger partial charge in [-0.3, -0.25) is 0 Å². The van der Waals surface area contributed by atoms with Gasteiger partial charge in [-0.2, -0.15) is 5.10 Å². The smallest absolute Gasteiger partial charge is 0.410 e. The molecule has 2 aliphatic heterocycles. The van der Waals surface area contributed by atoms with Gasteiger partial charge in [-0.1, -0.05) is 37.3 Å². The van der Waals surface area contributed by atoms with Crippen molar-refractivity contribution in [3.8, 4) is 5.75 Å². The summed E-state index contributed by atoms with van der Waals surface area (Å²) >= 11 is 0. The zero-order valence-electron chi connectivity index (χ0n) is 24.1. The summed E-state index contributed by atoms with van der Waals surface area (Å²) in [5.41, 5.74) is 1.87. The molecule has 40 heavy (non-hydrogen) atoms. The fourth-order valence-electron chi connectivity index (χ4n) is 5.23. The van der Waals surface area contributed by atoms with Crippen molar-refractivity contribution in [2.45, 2.75) is 71.0 Å². The molecule has 2 aromatic heterocycles. The average Bonchev–Trinajstić information content (AvgIpc) is 3.46. The van der Waals surface area contributed by atoms with Gasteiger partial charge in [-0.15, -0.1) is 0 Å². The lowest BCUT2D eigenvalue weighted by atomic mass is 9.91. The van der Waals surface area contributed by atoms with E-state index in [0.717, 1.165) is 17.0 Å². The Hall–Kier alpha value is -3.82. The maximum atomic E-state index is 12.7. The summed E-state index contributed by atoms with van der Waals surface area (Å²) < 4.78 is 19.2. The Morgan fingerprint density at radius 3 is 2.60 bits per heavy atom. The third-order valence-corrected chi connectivity index (χ3v) is 7.48. The highest BCUT2D eigenvalue weighted by Gasteiger charge is 2.47. The third kappa shape index (κ3) is 6.32. The number of aryl methyl sites for hydroxylation is 1. The molecule has 5 rings (SSSR count). The van der Waals surface area contributed by atoms with E-state index < -0.39 is 11.2 Å². The Morgan fingerprint density at radius 2 is 1.90 bits per heavy atom. The molecule has 3 aromatic rings. The van der Waals surface area contributed by atoms with E-state index in [4.69, 9.17) is 19.2 Å². The van der Waals surface area contributed by atoms with E-state index >= 15 is 0 Å². The number of aromatic nitrogens is 3. The number of piperidine rings is 1. The zero-order valence-corrected chi connectivity index (χ0v) is 24.1. The number of amides is 2. The Kier molecular flexibility index (Phi) is 7.61. The van der Waals surface area contributed by atoms with E-state index in [1.54, 1.807) is 14.3 Å². The van der Waals surface area contributed by atoms with Crippen LogP contribution in [-0.4, -0.2) is 80.6 Å². The molecule has 0 aliphatic carbocycles. The SMILES string of the molecule is Cc1cc(OCC(C)c2ccccc2)cn2nc(CCN3CC4(CCN(C(=O)OC(C)(C)C)CC4)OC3=O)nc12. The van der Waals surface area contributed by atoms with Crippen molar-refractivity contribution in [2.24, 2.45) is 0 Å². The Morgan fingerprint density at radius 1 is 1.18 bits per heavy atom. The summed E-state index contributed by atoms with van der Waals surface area (Å²) in [6.45, 7) is 12.2. The molecule has 0 bridgehead atoms. The summed E-state index contributed by atoms with van der Waals surface area (Å²) in [6.07, 6.45) is 2.90. The molecule has 2 saturated heterocycles. The third-order valence-electron chi connectivity index (χ3n) is 7.48. The van der Waals surface area contributed by atoms with Gasteiger partial charge in [0.05, 0.1) is 19.3 Å². The minimum absolute atomic E-state index is 0.261. The van der Waals surface area contributed by atoms with Crippen LogP contribution in [0.25, 0.3) is 5.65 Å². The predicted molar refractivity (Wildman–Crippen MR) is 150 cm³/mol. The van der Waals surface area contributed by atoms with Crippen molar-refractivity contribution in [1.82, 2.24) is 24.4 Å². The van der Waals surface area contributed by atoms with Crippen molar-refractivity contribution < 1.29 is 23.8 Å². The molecule has 0 radical (unpaired) electrons. The van der Waals surface area contributed by atoms with Crippen molar-refractivity contribution in [2.75, 3.05) is 32.8 Å². The topological polar surface area (TPSA) is 98.5 Å². The number of fused-ring (bicyclic) bond motifs is 1. The lowest BCUT2D eigenvalue weighted by Gasteiger charge is -2.37. The normalized spacial score (nSPS) is 17.8. The standard InChI is InChI=1S/C30H39N5O5/c1-21-17-24(38-19-22(2)23-9-7-6-8-10-23)18-35-26(21)31-25(32-35)11-14-34-20-30(40-28(34)37)12-15-33(16-13-30)27(36)39-29(3,4)5/h6-10,17-18,22H,11-16,19-20H2,1-5H3. The number of carbonyl (C=O) groups excluding carboxylic acids is 2. The van der Waals surface area contributed by atoms with Gasteiger partial charge in [-0.05, 0) is 44.9 Å². The quantitative estimate of drug-likeness (QED) is 0.410. The summed E-state index contributed by atoms with van der Waals surface area (Å²) in [6, 6.07) is 12.3. The molecule has 2 aliphatic rings. The number of carbonyl (C=O) groups is 2. The first kappa shape index (κ1) is 27.7. The maximum absolute atomic E-state index is 12.7. The number of pyridine rings is 1. The number of likely N-dealkylation sites (tertiary alicyclic amines) is 1. The van der Waals surface area contributed by atoms with Crippen LogP contribution in [0.5, 0.6) is 5.75 Å². The lowest BCUT2D eigenvalue weighted by Crippen LogP contribution is -2.49. The van der Waals surface area contributed by atoms with Gasteiger partial charge in [0.15, 0.2) is 11.5 Å². The number of nitrogens with zero attached hydrogens (tertiary/aromatic N) is 5. The summed E-state index contributed by atoms with van der Waals surface area (Å²) in [5.74, 6) is 1.66. The molecule has 1 aromatic carbocycles. The highest BCUT2D eigenvalue weighted by atomic mass is 16.6. The van der Waals surface area contributed by atoms with Crippen LogP contribution in [0.3, 0.4) is 0 Å². The van der Waals surface area contributed by atoms with Crippen LogP contribution >= 0.6 is 0 Å². The maximum Gasteiger partial charge on any atom is 0.410 e. The number of rotatable bonds is 7. The highest BCUT2D eigenvalue weighted by Crippen LogP contribution is 2.34. The molecule has 1 unspecified atom stereocenters. The van der Waals surface area contributed by atoms with Crippen molar-refractivity contribution >= 4 is 17.8 Å². The molecule has 1 spiro atoms. The van der Waals surface area contributed by atoms with E-state index in [2.05, 4.69) is 24.2 Å². The fraction of sp³-hybridized carbons (Fsp3) is 0.533. The molecule has 2 amide bonds. The monoisotopic (exact) mass is 549 g/mol. The fourth-order valence-corrected chi connectivity index (χ4v) is 5.23. The second kappa shape index (κ2) is 11.0. The summed E-state index contributed by atoms with van der Waals surface area (Å²) in [5, 5.41) is 4.66. The molecule has 4 heterocycles. The minimum atomic E-state index is -0.568. The van der Waals surface area contributed by atoms with Gasteiger partial charge in [0.1, 0.15) is 17.0 Å². The minimum Gasteiger partial charge on any atom is -0.491 e. The van der Waals surface area contributed by atoms with Crippen LogP contribution in [0, 0.1) is 6.92 Å². The number of ether oxygens (including phenoxy) is 3. The Bertz CT molecular complexity index is 1360. The molecule has 0 N–H and O–H groups in total.